The van der Waals surface area contributed by atoms with E-state index in [0.29, 0.717) is 18.1 Å². The SMILES string of the molecule is COc1ccc(NC(=O)CCS)cc1C(C)C. The first-order valence-corrected chi connectivity index (χ1v) is 6.30. The Bertz CT molecular complexity index is 391. The molecule has 0 spiro atoms. The molecule has 0 saturated carbocycles. The highest BCUT2D eigenvalue weighted by Gasteiger charge is 2.09. The fraction of sp³-hybridized carbons (Fsp3) is 0.462. The Labute approximate surface area is 108 Å². The smallest absolute Gasteiger partial charge is 0.225 e. The summed E-state index contributed by atoms with van der Waals surface area (Å²) < 4.78 is 5.29. The third-order valence-electron chi connectivity index (χ3n) is 2.47. The summed E-state index contributed by atoms with van der Waals surface area (Å²) in [5.41, 5.74) is 1.90. The highest BCUT2D eigenvalue weighted by atomic mass is 32.1. The van der Waals surface area contributed by atoms with E-state index in [9.17, 15) is 4.79 Å². The number of thiol groups is 1. The lowest BCUT2D eigenvalue weighted by atomic mass is 10.0. The van der Waals surface area contributed by atoms with Crippen molar-refractivity contribution in [3.63, 3.8) is 0 Å². The van der Waals surface area contributed by atoms with Gasteiger partial charge in [0.15, 0.2) is 0 Å². The summed E-state index contributed by atoms with van der Waals surface area (Å²) in [6.45, 7) is 4.19. The summed E-state index contributed by atoms with van der Waals surface area (Å²) in [7, 11) is 1.65. The van der Waals surface area contributed by atoms with Crippen LogP contribution in [0.25, 0.3) is 0 Å². The van der Waals surface area contributed by atoms with E-state index in [1.54, 1.807) is 7.11 Å². The summed E-state index contributed by atoms with van der Waals surface area (Å²) in [5, 5.41) is 2.85. The molecule has 1 N–H and O–H groups in total. The number of benzene rings is 1. The Hall–Kier alpha value is -1.16. The van der Waals surface area contributed by atoms with Crippen LogP contribution in [0.2, 0.25) is 0 Å². The predicted octanol–water partition coefficient (Wildman–Crippen LogP) is 3.08. The van der Waals surface area contributed by atoms with Gasteiger partial charge in [-0.05, 0) is 35.4 Å². The molecule has 3 nitrogen and oxygen atoms in total. The molecule has 0 atom stereocenters. The number of ether oxygens (including phenoxy) is 1. The number of carbonyl (C=O) groups is 1. The molecule has 0 fully saturated rings. The number of rotatable bonds is 5. The maximum absolute atomic E-state index is 11.5. The Morgan fingerprint density at radius 2 is 2.18 bits per heavy atom. The molecular weight excluding hydrogens is 234 g/mol. The van der Waals surface area contributed by atoms with Gasteiger partial charge in [0.2, 0.25) is 5.91 Å². The Morgan fingerprint density at radius 3 is 2.71 bits per heavy atom. The lowest BCUT2D eigenvalue weighted by molar-refractivity contribution is -0.115. The Kier molecular flexibility index (Phi) is 5.35. The van der Waals surface area contributed by atoms with Gasteiger partial charge in [-0.25, -0.2) is 0 Å². The van der Waals surface area contributed by atoms with Gasteiger partial charge in [-0.1, -0.05) is 13.8 Å². The zero-order chi connectivity index (χ0) is 12.8. The van der Waals surface area contributed by atoms with Crippen LogP contribution in [0.3, 0.4) is 0 Å². The number of anilines is 1. The van der Waals surface area contributed by atoms with Crippen molar-refractivity contribution in [2.45, 2.75) is 26.2 Å². The zero-order valence-corrected chi connectivity index (χ0v) is 11.4. The number of amides is 1. The van der Waals surface area contributed by atoms with Gasteiger partial charge >= 0.3 is 0 Å². The molecule has 94 valence electrons. The molecule has 0 aliphatic carbocycles. The van der Waals surface area contributed by atoms with E-state index in [1.165, 1.54) is 0 Å². The highest BCUT2D eigenvalue weighted by Crippen LogP contribution is 2.29. The molecule has 0 aliphatic heterocycles. The second-order valence-electron chi connectivity index (χ2n) is 4.13. The fourth-order valence-corrected chi connectivity index (χ4v) is 1.79. The van der Waals surface area contributed by atoms with Crippen LogP contribution in [0.1, 0.15) is 31.7 Å². The Balaban J connectivity index is 2.88. The molecule has 1 amide bonds. The number of hydrogen-bond donors (Lipinski definition) is 2. The highest BCUT2D eigenvalue weighted by molar-refractivity contribution is 7.80. The predicted molar refractivity (Wildman–Crippen MR) is 74.2 cm³/mol. The van der Waals surface area contributed by atoms with Gasteiger partial charge in [-0.2, -0.15) is 12.6 Å². The van der Waals surface area contributed by atoms with Crippen LogP contribution in [0.5, 0.6) is 5.75 Å². The first-order valence-electron chi connectivity index (χ1n) is 5.67. The molecule has 1 rings (SSSR count). The van der Waals surface area contributed by atoms with Crippen LogP contribution in [0.15, 0.2) is 18.2 Å². The fourth-order valence-electron chi connectivity index (χ4n) is 1.59. The van der Waals surface area contributed by atoms with Crippen LogP contribution in [0.4, 0.5) is 5.69 Å². The molecule has 0 heterocycles. The van der Waals surface area contributed by atoms with Crippen LogP contribution >= 0.6 is 12.6 Å². The minimum absolute atomic E-state index is 0.0140. The Morgan fingerprint density at radius 1 is 1.47 bits per heavy atom. The van der Waals surface area contributed by atoms with Crippen molar-refractivity contribution in [1.29, 1.82) is 0 Å². The van der Waals surface area contributed by atoms with Gasteiger partial charge in [0.25, 0.3) is 0 Å². The van der Waals surface area contributed by atoms with E-state index in [4.69, 9.17) is 4.74 Å². The summed E-state index contributed by atoms with van der Waals surface area (Å²) in [6, 6.07) is 5.69. The monoisotopic (exact) mass is 253 g/mol. The van der Waals surface area contributed by atoms with Gasteiger partial charge < -0.3 is 10.1 Å². The van der Waals surface area contributed by atoms with E-state index >= 15 is 0 Å². The van der Waals surface area contributed by atoms with Gasteiger partial charge in [0.1, 0.15) is 5.75 Å². The van der Waals surface area contributed by atoms with Crippen LogP contribution in [-0.2, 0) is 4.79 Å². The summed E-state index contributed by atoms with van der Waals surface area (Å²) >= 11 is 4.03. The van der Waals surface area contributed by atoms with E-state index in [-0.39, 0.29) is 5.91 Å². The van der Waals surface area contributed by atoms with E-state index in [2.05, 4.69) is 31.8 Å². The molecule has 1 aromatic rings. The van der Waals surface area contributed by atoms with Crippen molar-refractivity contribution in [1.82, 2.24) is 0 Å². The average molecular weight is 253 g/mol. The lowest BCUT2D eigenvalue weighted by Gasteiger charge is -2.14. The normalized spacial score (nSPS) is 10.4. The standard InChI is InChI=1S/C13H19NO2S/c1-9(2)11-8-10(4-5-12(11)16-3)14-13(15)6-7-17/h4-5,8-9,17H,6-7H2,1-3H3,(H,14,15). The maximum Gasteiger partial charge on any atom is 0.225 e. The molecule has 0 aliphatic rings. The number of nitrogens with one attached hydrogen (secondary N) is 1. The first-order chi connectivity index (χ1) is 8.08. The number of methoxy groups -OCH3 is 1. The van der Waals surface area contributed by atoms with Gasteiger partial charge in [0, 0.05) is 12.1 Å². The van der Waals surface area contributed by atoms with Gasteiger partial charge in [-0.3, -0.25) is 4.79 Å². The van der Waals surface area contributed by atoms with Crippen molar-refractivity contribution in [3.8, 4) is 5.75 Å². The van der Waals surface area contributed by atoms with Crippen LogP contribution in [-0.4, -0.2) is 18.8 Å². The number of hydrogen-bond acceptors (Lipinski definition) is 3. The first kappa shape index (κ1) is 13.9. The van der Waals surface area contributed by atoms with E-state index in [0.717, 1.165) is 17.0 Å². The summed E-state index contributed by atoms with van der Waals surface area (Å²) in [6.07, 6.45) is 0.423. The van der Waals surface area contributed by atoms with Gasteiger partial charge in [-0.15, -0.1) is 0 Å². The maximum atomic E-state index is 11.5. The second kappa shape index (κ2) is 6.55. The van der Waals surface area contributed by atoms with Crippen molar-refractivity contribution >= 4 is 24.2 Å². The van der Waals surface area contributed by atoms with Gasteiger partial charge in [0.05, 0.1) is 7.11 Å². The zero-order valence-electron chi connectivity index (χ0n) is 10.5. The molecule has 0 saturated heterocycles. The largest absolute Gasteiger partial charge is 0.496 e. The molecule has 0 unspecified atom stereocenters. The molecule has 0 aromatic heterocycles. The topological polar surface area (TPSA) is 38.3 Å². The van der Waals surface area contributed by atoms with E-state index < -0.39 is 0 Å². The third kappa shape index (κ3) is 3.97. The molecule has 0 bridgehead atoms. The summed E-state index contributed by atoms with van der Waals surface area (Å²) in [5.74, 6) is 1.75. The molecule has 1 aromatic carbocycles. The second-order valence-corrected chi connectivity index (χ2v) is 4.58. The van der Waals surface area contributed by atoms with Crippen molar-refractivity contribution in [2.24, 2.45) is 0 Å². The van der Waals surface area contributed by atoms with E-state index in [1.807, 2.05) is 18.2 Å². The number of carbonyl (C=O) groups excluding carboxylic acids is 1. The third-order valence-corrected chi connectivity index (χ3v) is 2.70. The van der Waals surface area contributed by atoms with Crippen molar-refractivity contribution in [2.75, 3.05) is 18.2 Å². The molecular formula is C13H19NO2S. The van der Waals surface area contributed by atoms with Crippen molar-refractivity contribution < 1.29 is 9.53 Å². The molecule has 4 heteroatoms. The van der Waals surface area contributed by atoms with Crippen LogP contribution in [0, 0.1) is 0 Å². The van der Waals surface area contributed by atoms with Crippen molar-refractivity contribution in [3.05, 3.63) is 23.8 Å². The minimum Gasteiger partial charge on any atom is -0.496 e. The van der Waals surface area contributed by atoms with Crippen LogP contribution < -0.4 is 10.1 Å². The minimum atomic E-state index is -0.0140. The molecule has 0 radical (unpaired) electrons. The lowest BCUT2D eigenvalue weighted by Crippen LogP contribution is -2.12. The molecule has 17 heavy (non-hydrogen) atoms. The average Bonchev–Trinajstić information content (AvgIpc) is 2.29. The quantitative estimate of drug-likeness (QED) is 0.791. The summed E-state index contributed by atoms with van der Waals surface area (Å²) in [4.78, 5) is 11.5.